The van der Waals surface area contributed by atoms with E-state index in [1.54, 1.807) is 0 Å². The van der Waals surface area contributed by atoms with Crippen LogP contribution in [-0.2, 0) is 4.79 Å². The van der Waals surface area contributed by atoms with Crippen molar-refractivity contribution in [2.75, 3.05) is 18.8 Å². The first-order valence-corrected chi connectivity index (χ1v) is 10.4. The molecular formula is C18H19ClN2O2S2. The van der Waals surface area contributed by atoms with Crippen LogP contribution in [0.25, 0.3) is 0 Å². The third-order valence-corrected chi connectivity index (χ3v) is 6.07. The van der Waals surface area contributed by atoms with E-state index in [1.807, 2.05) is 46.0 Å². The summed E-state index contributed by atoms with van der Waals surface area (Å²) in [7, 11) is 0. The van der Waals surface area contributed by atoms with E-state index in [-0.39, 0.29) is 17.9 Å². The number of nitrogens with zero attached hydrogens (tertiary/aromatic N) is 1. The number of nitrogens with one attached hydrogen (secondary N) is 1. The maximum absolute atomic E-state index is 12.3. The highest BCUT2D eigenvalue weighted by Crippen LogP contribution is 2.21. The van der Waals surface area contributed by atoms with Gasteiger partial charge in [0.25, 0.3) is 5.91 Å². The monoisotopic (exact) mass is 394 g/mol. The summed E-state index contributed by atoms with van der Waals surface area (Å²) >= 11 is 8.90. The molecule has 0 spiro atoms. The number of halogens is 1. The van der Waals surface area contributed by atoms with Gasteiger partial charge in [-0.05, 0) is 48.6 Å². The third-order valence-electron chi connectivity index (χ3n) is 4.14. The Morgan fingerprint density at radius 3 is 2.56 bits per heavy atom. The van der Waals surface area contributed by atoms with E-state index in [2.05, 4.69) is 5.32 Å². The summed E-state index contributed by atoms with van der Waals surface area (Å²) in [4.78, 5) is 27.3. The fourth-order valence-electron chi connectivity index (χ4n) is 2.70. The zero-order valence-electron chi connectivity index (χ0n) is 13.6. The minimum Gasteiger partial charge on any atom is -0.349 e. The van der Waals surface area contributed by atoms with Crippen LogP contribution in [0.15, 0.2) is 46.0 Å². The van der Waals surface area contributed by atoms with Crippen molar-refractivity contribution in [3.05, 3.63) is 51.7 Å². The van der Waals surface area contributed by atoms with E-state index in [4.69, 9.17) is 11.6 Å². The van der Waals surface area contributed by atoms with Gasteiger partial charge in [0.1, 0.15) is 0 Å². The molecule has 0 atom stereocenters. The second-order valence-electron chi connectivity index (χ2n) is 5.88. The van der Waals surface area contributed by atoms with Gasteiger partial charge in [-0.25, -0.2) is 0 Å². The van der Waals surface area contributed by atoms with Gasteiger partial charge in [-0.1, -0.05) is 11.6 Å². The van der Waals surface area contributed by atoms with Crippen LogP contribution >= 0.6 is 34.7 Å². The third kappa shape index (κ3) is 5.23. The topological polar surface area (TPSA) is 49.4 Å². The first kappa shape index (κ1) is 18.3. The van der Waals surface area contributed by atoms with Gasteiger partial charge in [-0.3, -0.25) is 9.59 Å². The molecule has 0 bridgehead atoms. The van der Waals surface area contributed by atoms with Gasteiger partial charge in [-0.2, -0.15) is 11.3 Å². The summed E-state index contributed by atoms with van der Waals surface area (Å²) < 4.78 is 0. The highest BCUT2D eigenvalue weighted by Gasteiger charge is 2.24. The lowest BCUT2D eigenvalue weighted by molar-refractivity contribution is -0.129. The largest absolute Gasteiger partial charge is 0.349 e. The van der Waals surface area contributed by atoms with E-state index in [0.717, 1.165) is 17.7 Å². The van der Waals surface area contributed by atoms with Crippen LogP contribution in [0.5, 0.6) is 0 Å². The van der Waals surface area contributed by atoms with Gasteiger partial charge in [-0.15, -0.1) is 11.8 Å². The average Bonchev–Trinajstić information content (AvgIpc) is 3.16. The van der Waals surface area contributed by atoms with Crippen LogP contribution in [0.3, 0.4) is 0 Å². The number of hydrogen-bond donors (Lipinski definition) is 1. The van der Waals surface area contributed by atoms with Crippen LogP contribution in [0.2, 0.25) is 5.02 Å². The van der Waals surface area contributed by atoms with E-state index >= 15 is 0 Å². The Morgan fingerprint density at radius 2 is 1.92 bits per heavy atom. The van der Waals surface area contributed by atoms with Crippen LogP contribution in [0.4, 0.5) is 0 Å². The predicted octanol–water partition coefficient (Wildman–Crippen LogP) is 3.91. The second kappa shape index (κ2) is 8.74. The molecule has 1 aromatic heterocycles. The van der Waals surface area contributed by atoms with E-state index in [1.165, 1.54) is 23.1 Å². The Kier molecular flexibility index (Phi) is 6.39. The SMILES string of the molecule is O=C(NC1CCN(C(=O)CSc2ccc(Cl)cc2)CC1)c1ccsc1. The molecule has 0 radical (unpaired) electrons. The van der Waals surface area contributed by atoms with E-state index in [0.29, 0.717) is 29.4 Å². The lowest BCUT2D eigenvalue weighted by Gasteiger charge is -2.32. The molecule has 2 aromatic rings. The zero-order chi connectivity index (χ0) is 17.6. The van der Waals surface area contributed by atoms with Gasteiger partial charge < -0.3 is 10.2 Å². The quantitative estimate of drug-likeness (QED) is 0.782. The predicted molar refractivity (Wildman–Crippen MR) is 104 cm³/mol. The van der Waals surface area contributed by atoms with E-state index in [9.17, 15) is 9.59 Å². The Morgan fingerprint density at radius 1 is 1.20 bits per heavy atom. The van der Waals surface area contributed by atoms with Crippen molar-refractivity contribution in [2.45, 2.75) is 23.8 Å². The fourth-order valence-corrected chi connectivity index (χ4v) is 4.27. The molecule has 132 valence electrons. The summed E-state index contributed by atoms with van der Waals surface area (Å²) in [5, 5.41) is 7.50. The average molecular weight is 395 g/mol. The summed E-state index contributed by atoms with van der Waals surface area (Å²) in [5.41, 5.74) is 0.711. The van der Waals surface area contributed by atoms with Crippen molar-refractivity contribution >= 4 is 46.5 Å². The van der Waals surface area contributed by atoms with E-state index < -0.39 is 0 Å². The molecule has 2 heterocycles. The Labute approximate surface area is 160 Å². The van der Waals surface area contributed by atoms with Crippen molar-refractivity contribution in [1.82, 2.24) is 10.2 Å². The Balaban J connectivity index is 1.41. The summed E-state index contributed by atoms with van der Waals surface area (Å²) in [6, 6.07) is 9.47. The van der Waals surface area contributed by atoms with Gasteiger partial charge in [0.05, 0.1) is 5.75 Å². The molecule has 3 rings (SSSR count). The van der Waals surface area contributed by atoms with Crippen LogP contribution in [-0.4, -0.2) is 41.6 Å². The normalized spacial score (nSPS) is 15.2. The van der Waals surface area contributed by atoms with Crippen LogP contribution < -0.4 is 5.32 Å². The van der Waals surface area contributed by atoms with Crippen LogP contribution in [0, 0.1) is 0 Å². The number of likely N-dealkylation sites (tertiary alicyclic amines) is 1. The number of thioether (sulfide) groups is 1. The summed E-state index contributed by atoms with van der Waals surface area (Å²) in [5.74, 6) is 0.542. The Bertz CT molecular complexity index is 711. The van der Waals surface area contributed by atoms with Gasteiger partial charge in [0.15, 0.2) is 0 Å². The number of carbonyl (C=O) groups is 2. The first-order chi connectivity index (χ1) is 12.1. The fraction of sp³-hybridized carbons (Fsp3) is 0.333. The molecule has 2 amide bonds. The molecule has 1 aliphatic heterocycles. The number of hydrogen-bond acceptors (Lipinski definition) is 4. The smallest absolute Gasteiger partial charge is 0.252 e. The molecule has 0 saturated carbocycles. The summed E-state index contributed by atoms with van der Waals surface area (Å²) in [6.45, 7) is 1.38. The molecule has 1 saturated heterocycles. The standard InChI is InChI=1S/C18H19ClN2O2S2/c19-14-1-3-16(4-2-14)25-12-17(22)21-8-5-15(6-9-21)20-18(23)13-7-10-24-11-13/h1-4,7,10-11,15H,5-6,8-9,12H2,(H,20,23). The number of benzene rings is 1. The highest BCUT2D eigenvalue weighted by molar-refractivity contribution is 8.00. The highest BCUT2D eigenvalue weighted by atomic mass is 35.5. The number of amides is 2. The number of thiophene rings is 1. The lowest BCUT2D eigenvalue weighted by atomic mass is 10.0. The molecule has 1 fully saturated rings. The van der Waals surface area contributed by atoms with Crippen molar-refractivity contribution in [3.8, 4) is 0 Å². The minimum absolute atomic E-state index is 0.0238. The number of rotatable bonds is 5. The first-order valence-electron chi connectivity index (χ1n) is 8.11. The van der Waals surface area contributed by atoms with Gasteiger partial charge in [0.2, 0.25) is 5.91 Å². The van der Waals surface area contributed by atoms with Crippen molar-refractivity contribution in [3.63, 3.8) is 0 Å². The minimum atomic E-state index is -0.0238. The molecule has 1 N–H and O–H groups in total. The molecule has 1 aromatic carbocycles. The maximum Gasteiger partial charge on any atom is 0.252 e. The molecule has 25 heavy (non-hydrogen) atoms. The molecule has 1 aliphatic rings. The Hall–Kier alpha value is -1.50. The second-order valence-corrected chi connectivity index (χ2v) is 8.15. The summed E-state index contributed by atoms with van der Waals surface area (Å²) in [6.07, 6.45) is 1.60. The van der Waals surface area contributed by atoms with Gasteiger partial charge >= 0.3 is 0 Å². The molecule has 0 unspecified atom stereocenters. The molecular weight excluding hydrogens is 376 g/mol. The van der Waals surface area contributed by atoms with Crippen molar-refractivity contribution in [1.29, 1.82) is 0 Å². The molecule has 4 nitrogen and oxygen atoms in total. The van der Waals surface area contributed by atoms with Crippen molar-refractivity contribution < 1.29 is 9.59 Å². The van der Waals surface area contributed by atoms with Crippen molar-refractivity contribution in [2.24, 2.45) is 0 Å². The van der Waals surface area contributed by atoms with Crippen LogP contribution in [0.1, 0.15) is 23.2 Å². The maximum atomic E-state index is 12.3. The number of piperidine rings is 1. The zero-order valence-corrected chi connectivity index (χ0v) is 16.0. The number of carbonyl (C=O) groups excluding carboxylic acids is 2. The molecule has 0 aliphatic carbocycles. The van der Waals surface area contributed by atoms with Gasteiger partial charge in [0, 0.05) is 40.0 Å². The lowest BCUT2D eigenvalue weighted by Crippen LogP contribution is -2.47. The molecule has 7 heteroatoms.